The number of rotatable bonds is 5. The van der Waals surface area contributed by atoms with Crippen LogP contribution in [0.4, 0.5) is 8.78 Å². The number of hydrogen-bond acceptors (Lipinski definition) is 2. The van der Waals surface area contributed by atoms with E-state index >= 15 is 0 Å². The molecule has 0 bridgehead atoms. The van der Waals surface area contributed by atoms with Crippen LogP contribution in [-0.4, -0.2) is 6.54 Å². The van der Waals surface area contributed by atoms with Crippen LogP contribution in [0.2, 0.25) is 0 Å². The van der Waals surface area contributed by atoms with Crippen molar-refractivity contribution in [2.24, 2.45) is 0 Å². The first-order chi connectivity index (χ1) is 9.61. The van der Waals surface area contributed by atoms with Crippen molar-refractivity contribution in [3.05, 3.63) is 59.2 Å². The van der Waals surface area contributed by atoms with Crippen LogP contribution >= 0.6 is 0 Å². The number of aryl methyl sites for hydroxylation is 1. The lowest BCUT2D eigenvalue weighted by Crippen LogP contribution is -2.12. The quantitative estimate of drug-likeness (QED) is 0.885. The molecule has 0 fully saturated rings. The van der Waals surface area contributed by atoms with Gasteiger partial charge in [0.2, 0.25) is 0 Å². The third-order valence-electron chi connectivity index (χ3n) is 2.96. The third kappa shape index (κ3) is 3.33. The predicted octanol–water partition coefficient (Wildman–Crippen LogP) is 4.18. The highest BCUT2D eigenvalue weighted by atomic mass is 19.1. The van der Waals surface area contributed by atoms with Crippen LogP contribution in [0.1, 0.15) is 18.1 Å². The van der Waals surface area contributed by atoms with Crippen LogP contribution in [-0.2, 0) is 6.54 Å². The molecular formula is C16H17F2NO. The largest absolute Gasteiger partial charge is 0.454 e. The van der Waals surface area contributed by atoms with Crippen molar-refractivity contribution in [3.63, 3.8) is 0 Å². The molecule has 2 aromatic rings. The Morgan fingerprint density at radius 1 is 1.10 bits per heavy atom. The molecule has 0 aliphatic rings. The fourth-order valence-electron chi connectivity index (χ4n) is 1.87. The zero-order valence-electron chi connectivity index (χ0n) is 11.5. The number of nitrogens with one attached hydrogen (secondary N) is 1. The summed E-state index contributed by atoms with van der Waals surface area (Å²) >= 11 is 0. The number of benzene rings is 2. The van der Waals surface area contributed by atoms with Crippen molar-refractivity contribution in [1.82, 2.24) is 5.32 Å². The lowest BCUT2D eigenvalue weighted by Gasteiger charge is -2.13. The van der Waals surface area contributed by atoms with Gasteiger partial charge in [0.25, 0.3) is 0 Å². The molecular weight excluding hydrogens is 260 g/mol. The number of hydrogen-bond donors (Lipinski definition) is 1. The van der Waals surface area contributed by atoms with Gasteiger partial charge in [0.1, 0.15) is 11.6 Å². The first-order valence-electron chi connectivity index (χ1n) is 6.54. The first kappa shape index (κ1) is 14.5. The van der Waals surface area contributed by atoms with Crippen LogP contribution in [0, 0.1) is 18.6 Å². The van der Waals surface area contributed by atoms with E-state index in [1.54, 1.807) is 25.1 Å². The van der Waals surface area contributed by atoms with E-state index in [0.29, 0.717) is 17.9 Å². The Hall–Kier alpha value is -1.94. The Morgan fingerprint density at radius 3 is 2.60 bits per heavy atom. The van der Waals surface area contributed by atoms with E-state index in [2.05, 4.69) is 5.32 Å². The van der Waals surface area contributed by atoms with Crippen LogP contribution in [0.15, 0.2) is 36.4 Å². The van der Waals surface area contributed by atoms with Gasteiger partial charge in [-0.3, -0.25) is 0 Å². The molecule has 0 heterocycles. The van der Waals surface area contributed by atoms with E-state index in [9.17, 15) is 8.78 Å². The second-order valence-corrected chi connectivity index (χ2v) is 4.52. The Balaban J connectivity index is 2.29. The second-order valence-electron chi connectivity index (χ2n) is 4.52. The summed E-state index contributed by atoms with van der Waals surface area (Å²) in [5.41, 5.74) is 1.20. The van der Waals surface area contributed by atoms with Crippen molar-refractivity contribution in [3.8, 4) is 11.5 Å². The Kier molecular flexibility index (Phi) is 4.69. The standard InChI is InChI=1S/C16H17F2NO/c1-3-19-10-12-5-4-6-15(18)16(12)20-13-7-8-14(17)11(2)9-13/h4-9,19H,3,10H2,1-2H3. The number of halogens is 2. The van der Waals surface area contributed by atoms with E-state index in [0.717, 1.165) is 12.1 Å². The molecule has 0 radical (unpaired) electrons. The molecule has 4 heteroatoms. The summed E-state index contributed by atoms with van der Waals surface area (Å²) in [6, 6.07) is 9.16. The minimum Gasteiger partial charge on any atom is -0.454 e. The molecule has 2 nitrogen and oxygen atoms in total. The molecule has 0 atom stereocenters. The molecule has 0 spiro atoms. The highest BCUT2D eigenvalue weighted by Crippen LogP contribution is 2.29. The van der Waals surface area contributed by atoms with Crippen molar-refractivity contribution < 1.29 is 13.5 Å². The molecule has 0 aromatic heterocycles. The average molecular weight is 277 g/mol. The Bertz CT molecular complexity index is 599. The highest BCUT2D eigenvalue weighted by Gasteiger charge is 2.11. The smallest absolute Gasteiger partial charge is 0.167 e. The van der Waals surface area contributed by atoms with Gasteiger partial charge in [-0.05, 0) is 43.3 Å². The van der Waals surface area contributed by atoms with Crippen LogP contribution in [0.3, 0.4) is 0 Å². The maximum atomic E-state index is 13.9. The summed E-state index contributed by atoms with van der Waals surface area (Å²) in [7, 11) is 0. The normalized spacial score (nSPS) is 10.6. The van der Waals surface area contributed by atoms with Gasteiger partial charge in [-0.2, -0.15) is 0 Å². The van der Waals surface area contributed by atoms with Gasteiger partial charge in [0, 0.05) is 12.1 Å². The first-order valence-corrected chi connectivity index (χ1v) is 6.54. The van der Waals surface area contributed by atoms with E-state index in [4.69, 9.17) is 4.74 Å². The van der Waals surface area contributed by atoms with E-state index in [1.165, 1.54) is 18.2 Å². The SMILES string of the molecule is CCNCc1cccc(F)c1Oc1ccc(F)c(C)c1. The van der Waals surface area contributed by atoms with Gasteiger partial charge >= 0.3 is 0 Å². The molecule has 0 saturated carbocycles. The van der Waals surface area contributed by atoms with Crippen LogP contribution in [0.25, 0.3) is 0 Å². The monoisotopic (exact) mass is 277 g/mol. The maximum Gasteiger partial charge on any atom is 0.167 e. The fraction of sp³-hybridized carbons (Fsp3) is 0.250. The molecule has 2 aromatic carbocycles. The third-order valence-corrected chi connectivity index (χ3v) is 2.96. The summed E-state index contributed by atoms with van der Waals surface area (Å²) in [6.07, 6.45) is 0. The van der Waals surface area contributed by atoms with Gasteiger partial charge in [-0.1, -0.05) is 19.1 Å². The Labute approximate surface area is 117 Å². The molecule has 106 valence electrons. The van der Waals surface area contributed by atoms with E-state index in [-0.39, 0.29) is 11.6 Å². The molecule has 0 aliphatic heterocycles. The molecule has 0 unspecified atom stereocenters. The summed E-state index contributed by atoms with van der Waals surface area (Å²) in [5.74, 6) is -0.132. The summed E-state index contributed by atoms with van der Waals surface area (Å²) in [4.78, 5) is 0. The molecule has 2 rings (SSSR count). The second kappa shape index (κ2) is 6.48. The van der Waals surface area contributed by atoms with Gasteiger partial charge in [0.15, 0.2) is 11.6 Å². The number of para-hydroxylation sites is 1. The predicted molar refractivity (Wildman–Crippen MR) is 75.0 cm³/mol. The molecule has 20 heavy (non-hydrogen) atoms. The van der Waals surface area contributed by atoms with Crippen molar-refractivity contribution in [2.45, 2.75) is 20.4 Å². The lowest BCUT2D eigenvalue weighted by molar-refractivity contribution is 0.432. The average Bonchev–Trinajstić information content (AvgIpc) is 2.43. The highest BCUT2D eigenvalue weighted by molar-refractivity contribution is 5.40. The molecule has 0 amide bonds. The minimum atomic E-state index is -0.428. The molecule has 0 aliphatic carbocycles. The summed E-state index contributed by atoms with van der Waals surface area (Å²) < 4.78 is 32.7. The van der Waals surface area contributed by atoms with E-state index < -0.39 is 5.82 Å². The van der Waals surface area contributed by atoms with Crippen LogP contribution in [0.5, 0.6) is 11.5 Å². The molecule has 0 saturated heterocycles. The van der Waals surface area contributed by atoms with Crippen molar-refractivity contribution >= 4 is 0 Å². The zero-order valence-corrected chi connectivity index (χ0v) is 11.5. The number of ether oxygens (including phenoxy) is 1. The fourth-order valence-corrected chi connectivity index (χ4v) is 1.87. The maximum absolute atomic E-state index is 13.9. The van der Waals surface area contributed by atoms with Gasteiger partial charge in [-0.25, -0.2) is 8.78 Å². The van der Waals surface area contributed by atoms with Crippen molar-refractivity contribution in [2.75, 3.05) is 6.54 Å². The van der Waals surface area contributed by atoms with Gasteiger partial charge in [0.05, 0.1) is 0 Å². The van der Waals surface area contributed by atoms with Crippen molar-refractivity contribution in [1.29, 1.82) is 0 Å². The Morgan fingerprint density at radius 2 is 1.90 bits per heavy atom. The zero-order chi connectivity index (χ0) is 14.5. The van der Waals surface area contributed by atoms with Gasteiger partial charge < -0.3 is 10.1 Å². The van der Waals surface area contributed by atoms with Gasteiger partial charge in [-0.15, -0.1) is 0 Å². The lowest BCUT2D eigenvalue weighted by atomic mass is 10.2. The molecule has 1 N–H and O–H groups in total. The van der Waals surface area contributed by atoms with Crippen LogP contribution < -0.4 is 10.1 Å². The summed E-state index contributed by atoms with van der Waals surface area (Å²) in [5, 5.41) is 3.13. The topological polar surface area (TPSA) is 21.3 Å². The van der Waals surface area contributed by atoms with E-state index in [1.807, 2.05) is 6.92 Å². The summed E-state index contributed by atoms with van der Waals surface area (Å²) in [6.45, 7) is 4.92. The minimum absolute atomic E-state index is 0.180.